The van der Waals surface area contributed by atoms with Crippen molar-refractivity contribution in [3.8, 4) is 0 Å². The molecule has 0 spiro atoms. The van der Waals surface area contributed by atoms with E-state index in [-0.39, 0.29) is 11.8 Å². The van der Waals surface area contributed by atoms with Crippen LogP contribution in [-0.4, -0.2) is 17.9 Å². The monoisotopic (exact) mass is 245 g/mol. The molecule has 0 aliphatic carbocycles. The van der Waals surface area contributed by atoms with E-state index in [1.807, 2.05) is 33.0 Å². The molecule has 0 bridgehead atoms. The minimum atomic E-state index is 0.102. The molecular weight excluding hydrogens is 230 g/mol. The standard InChI is InChI=1S/C11H16ClNOS/c1-4-8(2)11(14)13(3)7-9-5-6-10(12)15-9/h5-6,8H,4,7H2,1-3H3. The van der Waals surface area contributed by atoms with Gasteiger partial charge in [-0.1, -0.05) is 25.4 Å². The van der Waals surface area contributed by atoms with Crippen LogP contribution in [0.15, 0.2) is 12.1 Å². The molecular formula is C11H16ClNOS. The Labute approximate surface area is 99.9 Å². The molecule has 0 N–H and O–H groups in total. The van der Waals surface area contributed by atoms with E-state index >= 15 is 0 Å². The van der Waals surface area contributed by atoms with E-state index in [0.717, 1.165) is 15.6 Å². The van der Waals surface area contributed by atoms with Gasteiger partial charge in [0.1, 0.15) is 0 Å². The fourth-order valence-electron chi connectivity index (χ4n) is 1.30. The molecule has 0 aromatic carbocycles. The molecule has 1 rings (SSSR count). The third kappa shape index (κ3) is 3.50. The van der Waals surface area contributed by atoms with Crippen LogP contribution in [0.25, 0.3) is 0 Å². The lowest BCUT2D eigenvalue weighted by Gasteiger charge is -2.19. The van der Waals surface area contributed by atoms with Crippen molar-refractivity contribution in [2.75, 3.05) is 7.05 Å². The van der Waals surface area contributed by atoms with E-state index in [0.29, 0.717) is 6.54 Å². The number of hydrogen-bond acceptors (Lipinski definition) is 2. The van der Waals surface area contributed by atoms with Crippen molar-refractivity contribution >= 4 is 28.8 Å². The number of thiophene rings is 1. The molecule has 1 aromatic rings. The maximum absolute atomic E-state index is 11.8. The van der Waals surface area contributed by atoms with Crippen LogP contribution in [-0.2, 0) is 11.3 Å². The highest BCUT2D eigenvalue weighted by atomic mass is 35.5. The van der Waals surface area contributed by atoms with E-state index < -0.39 is 0 Å². The Morgan fingerprint density at radius 1 is 1.60 bits per heavy atom. The molecule has 1 amide bonds. The smallest absolute Gasteiger partial charge is 0.225 e. The molecule has 2 nitrogen and oxygen atoms in total. The minimum absolute atomic E-state index is 0.102. The minimum Gasteiger partial charge on any atom is -0.340 e. The van der Waals surface area contributed by atoms with Gasteiger partial charge < -0.3 is 4.90 Å². The van der Waals surface area contributed by atoms with Crippen molar-refractivity contribution in [2.24, 2.45) is 5.92 Å². The average molecular weight is 246 g/mol. The summed E-state index contributed by atoms with van der Waals surface area (Å²) in [5.74, 6) is 0.299. The molecule has 0 aliphatic heterocycles. The van der Waals surface area contributed by atoms with Crippen molar-refractivity contribution in [1.29, 1.82) is 0 Å². The van der Waals surface area contributed by atoms with Crippen LogP contribution in [0.1, 0.15) is 25.1 Å². The van der Waals surface area contributed by atoms with Crippen LogP contribution in [0.3, 0.4) is 0 Å². The Balaban J connectivity index is 2.55. The first-order valence-corrected chi connectivity index (χ1v) is 6.23. The fourth-order valence-corrected chi connectivity index (χ4v) is 2.44. The van der Waals surface area contributed by atoms with Gasteiger partial charge in [-0.05, 0) is 18.6 Å². The molecule has 1 atom stereocenters. The maximum Gasteiger partial charge on any atom is 0.225 e. The highest BCUT2D eigenvalue weighted by Crippen LogP contribution is 2.22. The highest BCUT2D eigenvalue weighted by Gasteiger charge is 2.16. The van der Waals surface area contributed by atoms with Gasteiger partial charge in [0.2, 0.25) is 5.91 Å². The van der Waals surface area contributed by atoms with Gasteiger partial charge in [-0.15, -0.1) is 11.3 Å². The molecule has 0 fully saturated rings. The van der Waals surface area contributed by atoms with E-state index in [9.17, 15) is 4.79 Å². The van der Waals surface area contributed by atoms with Crippen LogP contribution in [0.2, 0.25) is 4.34 Å². The van der Waals surface area contributed by atoms with E-state index in [4.69, 9.17) is 11.6 Å². The Hall–Kier alpha value is -0.540. The zero-order valence-electron chi connectivity index (χ0n) is 9.29. The largest absolute Gasteiger partial charge is 0.340 e. The molecule has 0 aliphatic rings. The van der Waals surface area contributed by atoms with Gasteiger partial charge in [-0.25, -0.2) is 0 Å². The van der Waals surface area contributed by atoms with Crippen molar-refractivity contribution in [3.05, 3.63) is 21.3 Å². The number of rotatable bonds is 4. The number of carbonyl (C=O) groups is 1. The van der Waals surface area contributed by atoms with Gasteiger partial charge in [0.25, 0.3) is 0 Å². The average Bonchev–Trinajstić information content (AvgIpc) is 2.61. The van der Waals surface area contributed by atoms with Crippen LogP contribution in [0, 0.1) is 5.92 Å². The molecule has 84 valence electrons. The molecule has 1 aromatic heterocycles. The Kier molecular flexibility index (Phi) is 4.61. The van der Waals surface area contributed by atoms with Gasteiger partial charge >= 0.3 is 0 Å². The van der Waals surface area contributed by atoms with Crippen molar-refractivity contribution in [2.45, 2.75) is 26.8 Å². The molecule has 15 heavy (non-hydrogen) atoms. The van der Waals surface area contributed by atoms with Crippen molar-refractivity contribution in [3.63, 3.8) is 0 Å². The Morgan fingerprint density at radius 2 is 2.27 bits per heavy atom. The second-order valence-corrected chi connectivity index (χ2v) is 5.51. The Morgan fingerprint density at radius 3 is 2.73 bits per heavy atom. The van der Waals surface area contributed by atoms with Crippen LogP contribution < -0.4 is 0 Å². The fraction of sp³-hybridized carbons (Fsp3) is 0.545. The highest BCUT2D eigenvalue weighted by molar-refractivity contribution is 7.16. The topological polar surface area (TPSA) is 20.3 Å². The predicted molar refractivity (Wildman–Crippen MR) is 65.3 cm³/mol. The zero-order chi connectivity index (χ0) is 11.4. The zero-order valence-corrected chi connectivity index (χ0v) is 10.9. The number of nitrogens with zero attached hydrogens (tertiary/aromatic N) is 1. The molecule has 4 heteroatoms. The van der Waals surface area contributed by atoms with Gasteiger partial charge in [-0.2, -0.15) is 0 Å². The summed E-state index contributed by atoms with van der Waals surface area (Å²) in [5.41, 5.74) is 0. The van der Waals surface area contributed by atoms with Crippen LogP contribution in [0.4, 0.5) is 0 Å². The summed E-state index contributed by atoms with van der Waals surface area (Å²) < 4.78 is 0.773. The molecule has 0 radical (unpaired) electrons. The number of amides is 1. The maximum atomic E-state index is 11.8. The van der Waals surface area contributed by atoms with Gasteiger partial charge in [0, 0.05) is 17.8 Å². The summed E-state index contributed by atoms with van der Waals surface area (Å²) in [6.07, 6.45) is 0.883. The van der Waals surface area contributed by atoms with Gasteiger partial charge in [-0.3, -0.25) is 4.79 Å². The van der Waals surface area contributed by atoms with Crippen LogP contribution >= 0.6 is 22.9 Å². The Bertz CT molecular complexity index is 337. The summed E-state index contributed by atoms with van der Waals surface area (Å²) in [5, 5.41) is 0. The van der Waals surface area contributed by atoms with E-state index in [2.05, 4.69) is 0 Å². The quantitative estimate of drug-likeness (QED) is 0.796. The lowest BCUT2D eigenvalue weighted by Crippen LogP contribution is -2.30. The second-order valence-electron chi connectivity index (χ2n) is 3.71. The summed E-state index contributed by atoms with van der Waals surface area (Å²) in [6, 6.07) is 3.83. The summed E-state index contributed by atoms with van der Waals surface area (Å²) in [6.45, 7) is 4.64. The predicted octanol–water partition coefficient (Wildman–Crippen LogP) is 3.41. The molecule has 1 unspecified atom stereocenters. The first-order valence-electron chi connectivity index (χ1n) is 5.03. The van der Waals surface area contributed by atoms with Gasteiger partial charge in [0.15, 0.2) is 0 Å². The lowest BCUT2D eigenvalue weighted by molar-refractivity contribution is -0.134. The summed E-state index contributed by atoms with van der Waals surface area (Å²) in [7, 11) is 1.84. The SMILES string of the molecule is CCC(C)C(=O)N(C)Cc1ccc(Cl)s1. The van der Waals surface area contributed by atoms with Gasteiger partial charge in [0.05, 0.1) is 10.9 Å². The molecule has 0 saturated heterocycles. The number of halogens is 1. The lowest BCUT2D eigenvalue weighted by atomic mass is 10.1. The molecule has 1 heterocycles. The third-order valence-corrected chi connectivity index (χ3v) is 3.65. The third-order valence-electron chi connectivity index (χ3n) is 2.43. The second kappa shape index (κ2) is 5.52. The first-order chi connectivity index (χ1) is 7.04. The molecule has 0 saturated carbocycles. The summed E-state index contributed by atoms with van der Waals surface area (Å²) in [4.78, 5) is 14.7. The van der Waals surface area contributed by atoms with E-state index in [1.165, 1.54) is 11.3 Å². The van der Waals surface area contributed by atoms with Crippen LogP contribution in [0.5, 0.6) is 0 Å². The summed E-state index contributed by atoms with van der Waals surface area (Å²) >= 11 is 7.35. The number of hydrogen-bond donors (Lipinski definition) is 0. The van der Waals surface area contributed by atoms with Crippen molar-refractivity contribution in [1.82, 2.24) is 4.90 Å². The van der Waals surface area contributed by atoms with Crippen molar-refractivity contribution < 1.29 is 4.79 Å². The van der Waals surface area contributed by atoms with E-state index in [1.54, 1.807) is 4.90 Å². The number of carbonyl (C=O) groups excluding carboxylic acids is 1. The first kappa shape index (κ1) is 12.5. The normalized spacial score (nSPS) is 12.5.